The zero-order valence-electron chi connectivity index (χ0n) is 13.5. The number of tetrazole rings is 1. The zero-order valence-corrected chi connectivity index (χ0v) is 13.5. The van der Waals surface area contributed by atoms with Crippen LogP contribution in [0.15, 0.2) is 60.7 Å². The summed E-state index contributed by atoms with van der Waals surface area (Å²) in [5.74, 6) is 0.562. The van der Waals surface area contributed by atoms with E-state index >= 15 is 0 Å². The van der Waals surface area contributed by atoms with E-state index in [0.29, 0.717) is 18.9 Å². The number of aryl methyl sites for hydroxylation is 1. The Morgan fingerprint density at radius 2 is 1.50 bits per heavy atom. The molecular weight excluding hydrogens is 302 g/mol. The highest BCUT2D eigenvalue weighted by Gasteiger charge is 2.18. The van der Waals surface area contributed by atoms with Crippen molar-refractivity contribution in [1.82, 2.24) is 25.1 Å². The summed E-state index contributed by atoms with van der Waals surface area (Å²) in [6, 6.07) is 19.9. The summed E-state index contributed by atoms with van der Waals surface area (Å²) in [6.45, 7) is 1.11. The number of hydrogen-bond acceptors (Lipinski definition) is 4. The maximum absolute atomic E-state index is 12.8. The molecule has 0 unspecified atom stereocenters. The Hall–Kier alpha value is -3.02. The van der Waals surface area contributed by atoms with Crippen LogP contribution in [-0.2, 0) is 31.4 Å². The second-order valence-corrected chi connectivity index (χ2v) is 5.62. The lowest BCUT2D eigenvalue weighted by molar-refractivity contribution is -0.131. The molecule has 0 spiro atoms. The van der Waals surface area contributed by atoms with E-state index in [1.807, 2.05) is 65.6 Å². The van der Waals surface area contributed by atoms with E-state index in [-0.39, 0.29) is 12.3 Å². The van der Waals surface area contributed by atoms with E-state index in [2.05, 4.69) is 15.5 Å². The minimum atomic E-state index is 0.000561. The number of carbonyl (C=O) groups excluding carboxylic acids is 1. The Bertz CT molecular complexity index is 744. The van der Waals surface area contributed by atoms with Gasteiger partial charge in [-0.2, -0.15) is 0 Å². The molecule has 24 heavy (non-hydrogen) atoms. The van der Waals surface area contributed by atoms with Crippen LogP contribution in [0.2, 0.25) is 0 Å². The molecule has 6 nitrogen and oxygen atoms in total. The van der Waals surface area contributed by atoms with E-state index in [0.717, 1.165) is 11.1 Å². The van der Waals surface area contributed by atoms with Gasteiger partial charge >= 0.3 is 0 Å². The largest absolute Gasteiger partial charge is 0.334 e. The van der Waals surface area contributed by atoms with Crippen molar-refractivity contribution in [3.05, 3.63) is 77.6 Å². The van der Waals surface area contributed by atoms with Gasteiger partial charge in [-0.05, 0) is 21.6 Å². The summed E-state index contributed by atoms with van der Waals surface area (Å²) >= 11 is 0. The number of nitrogens with zero attached hydrogens (tertiary/aromatic N) is 5. The highest BCUT2D eigenvalue weighted by molar-refractivity contribution is 5.78. The fraction of sp³-hybridized carbons (Fsp3) is 0.222. The number of rotatable bonds is 6. The Morgan fingerprint density at radius 3 is 1.96 bits per heavy atom. The minimum Gasteiger partial charge on any atom is -0.334 e. The van der Waals surface area contributed by atoms with Crippen LogP contribution in [0.3, 0.4) is 0 Å². The summed E-state index contributed by atoms with van der Waals surface area (Å²) in [5, 5.41) is 11.3. The van der Waals surface area contributed by atoms with E-state index < -0.39 is 0 Å². The molecule has 0 aliphatic carbocycles. The first-order valence-corrected chi connectivity index (χ1v) is 7.79. The third-order valence-corrected chi connectivity index (χ3v) is 3.80. The molecule has 0 aliphatic heterocycles. The number of carbonyl (C=O) groups is 1. The van der Waals surface area contributed by atoms with Gasteiger partial charge in [-0.15, -0.1) is 5.10 Å². The Balaban J connectivity index is 1.78. The average molecular weight is 321 g/mol. The minimum absolute atomic E-state index is 0.000561. The van der Waals surface area contributed by atoms with Gasteiger partial charge in [0.25, 0.3) is 0 Å². The molecule has 0 saturated heterocycles. The van der Waals surface area contributed by atoms with Crippen LogP contribution in [-0.4, -0.2) is 31.0 Å². The molecule has 1 heterocycles. The van der Waals surface area contributed by atoms with E-state index in [9.17, 15) is 4.79 Å². The summed E-state index contributed by atoms with van der Waals surface area (Å²) < 4.78 is 1.53. The lowest BCUT2D eigenvalue weighted by Crippen LogP contribution is -2.32. The Kier molecular flexibility index (Phi) is 4.96. The van der Waals surface area contributed by atoms with Crippen molar-refractivity contribution < 1.29 is 4.79 Å². The van der Waals surface area contributed by atoms with E-state index in [1.54, 1.807) is 7.05 Å². The third kappa shape index (κ3) is 4.04. The zero-order chi connectivity index (χ0) is 16.8. The summed E-state index contributed by atoms with van der Waals surface area (Å²) in [7, 11) is 1.74. The van der Waals surface area contributed by atoms with Crippen molar-refractivity contribution in [3.63, 3.8) is 0 Å². The normalized spacial score (nSPS) is 10.5. The third-order valence-electron chi connectivity index (χ3n) is 3.80. The van der Waals surface area contributed by atoms with Gasteiger partial charge in [0.1, 0.15) is 0 Å². The molecule has 3 rings (SSSR count). The van der Waals surface area contributed by atoms with Gasteiger partial charge in [-0.3, -0.25) is 4.79 Å². The molecule has 0 radical (unpaired) electrons. The van der Waals surface area contributed by atoms with Crippen LogP contribution >= 0.6 is 0 Å². The number of aromatic nitrogens is 4. The maximum atomic E-state index is 12.8. The molecule has 0 saturated carbocycles. The topological polar surface area (TPSA) is 63.9 Å². The highest BCUT2D eigenvalue weighted by Crippen LogP contribution is 2.12. The van der Waals surface area contributed by atoms with Gasteiger partial charge in [0.2, 0.25) is 5.91 Å². The quantitative estimate of drug-likeness (QED) is 0.696. The standard InChI is InChI=1S/C18H19N5O/c1-22-17(19-20-21-22)12-18(24)23(13-15-8-4-2-5-9-15)14-16-10-6-3-7-11-16/h2-11H,12-14H2,1H3. The molecule has 1 aromatic heterocycles. The van der Waals surface area contributed by atoms with Crippen LogP contribution in [0.1, 0.15) is 17.0 Å². The van der Waals surface area contributed by atoms with Crippen molar-refractivity contribution in [2.45, 2.75) is 19.5 Å². The molecule has 0 N–H and O–H groups in total. The lowest BCUT2D eigenvalue weighted by atomic mass is 10.1. The molecule has 0 atom stereocenters. The first-order chi connectivity index (χ1) is 11.7. The maximum Gasteiger partial charge on any atom is 0.230 e. The van der Waals surface area contributed by atoms with Crippen LogP contribution in [0.25, 0.3) is 0 Å². The molecular formula is C18H19N5O. The molecule has 122 valence electrons. The highest BCUT2D eigenvalue weighted by atomic mass is 16.2. The van der Waals surface area contributed by atoms with Crippen molar-refractivity contribution in [2.75, 3.05) is 0 Å². The van der Waals surface area contributed by atoms with Gasteiger partial charge in [0.15, 0.2) is 5.82 Å². The van der Waals surface area contributed by atoms with Gasteiger partial charge in [-0.1, -0.05) is 60.7 Å². The second-order valence-electron chi connectivity index (χ2n) is 5.62. The smallest absolute Gasteiger partial charge is 0.230 e. The van der Waals surface area contributed by atoms with Crippen molar-refractivity contribution in [3.8, 4) is 0 Å². The molecule has 0 aliphatic rings. The van der Waals surface area contributed by atoms with Gasteiger partial charge in [-0.25, -0.2) is 4.68 Å². The molecule has 0 bridgehead atoms. The summed E-state index contributed by atoms with van der Waals surface area (Å²) in [6.07, 6.45) is 0.184. The van der Waals surface area contributed by atoms with Crippen molar-refractivity contribution >= 4 is 5.91 Å². The van der Waals surface area contributed by atoms with Crippen molar-refractivity contribution in [2.24, 2.45) is 7.05 Å². The molecule has 3 aromatic rings. The first kappa shape index (κ1) is 15.9. The molecule has 2 aromatic carbocycles. The molecule has 1 amide bonds. The van der Waals surface area contributed by atoms with Crippen LogP contribution in [0.5, 0.6) is 0 Å². The average Bonchev–Trinajstić information content (AvgIpc) is 3.01. The van der Waals surface area contributed by atoms with Crippen LogP contribution in [0, 0.1) is 0 Å². The number of benzene rings is 2. The van der Waals surface area contributed by atoms with Gasteiger partial charge in [0.05, 0.1) is 6.42 Å². The lowest BCUT2D eigenvalue weighted by Gasteiger charge is -2.23. The SMILES string of the molecule is Cn1nnnc1CC(=O)N(Cc1ccccc1)Cc1ccccc1. The van der Waals surface area contributed by atoms with E-state index in [1.165, 1.54) is 4.68 Å². The monoisotopic (exact) mass is 321 g/mol. The first-order valence-electron chi connectivity index (χ1n) is 7.79. The predicted octanol–water partition coefficient (Wildman–Crippen LogP) is 1.98. The molecule has 0 fully saturated rings. The van der Waals surface area contributed by atoms with Gasteiger partial charge < -0.3 is 4.90 Å². The van der Waals surface area contributed by atoms with Gasteiger partial charge in [0, 0.05) is 20.1 Å². The summed E-state index contributed by atoms with van der Waals surface area (Å²) in [4.78, 5) is 14.6. The fourth-order valence-corrected chi connectivity index (χ4v) is 2.48. The number of amides is 1. The number of hydrogen-bond donors (Lipinski definition) is 0. The Morgan fingerprint density at radius 1 is 0.958 bits per heavy atom. The Labute approximate surface area is 140 Å². The van der Waals surface area contributed by atoms with Crippen LogP contribution < -0.4 is 0 Å². The predicted molar refractivity (Wildman–Crippen MR) is 89.6 cm³/mol. The van der Waals surface area contributed by atoms with E-state index in [4.69, 9.17) is 0 Å². The molecule has 6 heteroatoms. The van der Waals surface area contributed by atoms with Crippen molar-refractivity contribution in [1.29, 1.82) is 0 Å². The van der Waals surface area contributed by atoms with Crippen LogP contribution in [0.4, 0.5) is 0 Å². The summed E-state index contributed by atoms with van der Waals surface area (Å²) in [5.41, 5.74) is 2.19. The second kappa shape index (κ2) is 7.50. The fourth-order valence-electron chi connectivity index (χ4n) is 2.48.